The van der Waals surface area contributed by atoms with Crippen LogP contribution in [0.3, 0.4) is 0 Å². The van der Waals surface area contributed by atoms with E-state index in [-0.39, 0.29) is 5.56 Å². The highest BCUT2D eigenvalue weighted by atomic mass is 16.4. The molecule has 0 aromatic heterocycles. The van der Waals surface area contributed by atoms with Crippen LogP contribution in [-0.4, -0.2) is 35.3 Å². The lowest BCUT2D eigenvalue weighted by Crippen LogP contribution is -2.36. The van der Waals surface area contributed by atoms with E-state index < -0.39 is 23.9 Å². The molecule has 7 heteroatoms. The third-order valence-corrected chi connectivity index (χ3v) is 3.51. The summed E-state index contributed by atoms with van der Waals surface area (Å²) in [5.74, 6) is -1.49. The summed E-state index contributed by atoms with van der Waals surface area (Å²) in [6, 6.07) is 13.3. The van der Waals surface area contributed by atoms with Crippen LogP contribution in [0.2, 0.25) is 0 Å². The van der Waals surface area contributed by atoms with Crippen molar-refractivity contribution in [2.24, 2.45) is 4.99 Å². The fourth-order valence-electron chi connectivity index (χ4n) is 2.33. The van der Waals surface area contributed by atoms with Gasteiger partial charge in [0.2, 0.25) is 0 Å². The molecule has 1 heterocycles. The summed E-state index contributed by atoms with van der Waals surface area (Å²) < 4.78 is 0. The van der Waals surface area contributed by atoms with Gasteiger partial charge in [0.05, 0.1) is 11.3 Å². The summed E-state index contributed by atoms with van der Waals surface area (Å²) in [5, 5.41) is 11.1. The van der Waals surface area contributed by atoms with Crippen LogP contribution < -0.4 is 10.2 Å². The number of carbonyl (C=O) groups excluding carboxylic acids is 2. The summed E-state index contributed by atoms with van der Waals surface area (Å²) in [6.45, 7) is 0. The van der Waals surface area contributed by atoms with Crippen molar-refractivity contribution in [3.63, 3.8) is 0 Å². The van der Waals surface area contributed by atoms with Crippen molar-refractivity contribution in [3.8, 4) is 0 Å². The van der Waals surface area contributed by atoms with Gasteiger partial charge in [-0.3, -0.25) is 20.0 Å². The maximum Gasteiger partial charge on any atom is 0.335 e. The normalized spacial score (nSPS) is 17.3. The van der Waals surface area contributed by atoms with Crippen LogP contribution in [0, 0.1) is 0 Å². The van der Waals surface area contributed by atoms with Crippen molar-refractivity contribution in [1.82, 2.24) is 5.32 Å². The molecule has 7 nitrogen and oxygen atoms in total. The first-order valence-corrected chi connectivity index (χ1v) is 7.13. The van der Waals surface area contributed by atoms with Gasteiger partial charge in [0.1, 0.15) is 0 Å². The van der Waals surface area contributed by atoms with E-state index in [1.165, 1.54) is 35.4 Å². The average Bonchev–Trinajstić information content (AvgIpc) is 2.87. The number of urea groups is 1. The first-order chi connectivity index (χ1) is 11.6. The third kappa shape index (κ3) is 3.00. The molecule has 0 aliphatic carbocycles. The van der Waals surface area contributed by atoms with Crippen molar-refractivity contribution < 1.29 is 19.5 Å². The number of hydrogen-bond acceptors (Lipinski definition) is 4. The largest absolute Gasteiger partial charge is 0.478 e. The van der Waals surface area contributed by atoms with Gasteiger partial charge in [-0.05, 0) is 36.4 Å². The van der Waals surface area contributed by atoms with Crippen LogP contribution in [0.15, 0.2) is 59.6 Å². The predicted octanol–water partition coefficient (Wildman–Crippen LogP) is 2.21. The number of para-hydroxylation sites is 1. The van der Waals surface area contributed by atoms with E-state index in [4.69, 9.17) is 5.11 Å². The Kier molecular flexibility index (Phi) is 4.07. The Labute approximate surface area is 137 Å². The molecule has 0 saturated carbocycles. The van der Waals surface area contributed by atoms with Gasteiger partial charge in [0.15, 0.2) is 6.04 Å². The summed E-state index contributed by atoms with van der Waals surface area (Å²) in [4.78, 5) is 40.3. The third-order valence-electron chi connectivity index (χ3n) is 3.51. The SMILES string of the molecule is O=C(O)c1ccc(N=CC2C(=O)NC(=O)N2c2ccccc2)cc1. The fourth-order valence-corrected chi connectivity index (χ4v) is 2.33. The maximum absolute atomic E-state index is 12.0. The highest BCUT2D eigenvalue weighted by Gasteiger charge is 2.38. The minimum Gasteiger partial charge on any atom is -0.478 e. The van der Waals surface area contributed by atoms with Gasteiger partial charge >= 0.3 is 12.0 Å². The number of nitrogens with zero attached hydrogens (tertiary/aromatic N) is 2. The number of carboxylic acids is 1. The Bertz CT molecular complexity index is 815. The van der Waals surface area contributed by atoms with Crippen LogP contribution in [0.4, 0.5) is 16.2 Å². The summed E-state index contributed by atoms with van der Waals surface area (Å²) in [5.41, 5.74) is 1.22. The summed E-state index contributed by atoms with van der Waals surface area (Å²) in [7, 11) is 0. The van der Waals surface area contributed by atoms with Gasteiger partial charge in [-0.1, -0.05) is 18.2 Å². The smallest absolute Gasteiger partial charge is 0.335 e. The molecule has 3 amide bonds. The molecule has 120 valence electrons. The molecule has 1 aliphatic rings. The van der Waals surface area contributed by atoms with Crippen LogP contribution in [0.1, 0.15) is 10.4 Å². The minimum absolute atomic E-state index is 0.147. The van der Waals surface area contributed by atoms with E-state index in [0.29, 0.717) is 11.4 Å². The highest BCUT2D eigenvalue weighted by Crippen LogP contribution is 2.21. The van der Waals surface area contributed by atoms with Crippen LogP contribution in [0.5, 0.6) is 0 Å². The van der Waals surface area contributed by atoms with Gasteiger partial charge in [-0.15, -0.1) is 0 Å². The first kappa shape index (κ1) is 15.4. The molecule has 1 fully saturated rings. The molecule has 3 rings (SSSR count). The lowest BCUT2D eigenvalue weighted by molar-refractivity contribution is -0.118. The molecule has 2 aromatic rings. The van der Waals surface area contributed by atoms with Crippen LogP contribution >= 0.6 is 0 Å². The van der Waals surface area contributed by atoms with Crippen molar-refractivity contribution in [3.05, 3.63) is 60.2 Å². The Morgan fingerprint density at radius 2 is 1.75 bits per heavy atom. The Hall–Kier alpha value is -3.48. The minimum atomic E-state index is -1.03. The molecular weight excluding hydrogens is 310 g/mol. The quantitative estimate of drug-likeness (QED) is 0.665. The van der Waals surface area contributed by atoms with E-state index in [1.807, 2.05) is 6.07 Å². The van der Waals surface area contributed by atoms with E-state index >= 15 is 0 Å². The Morgan fingerprint density at radius 3 is 2.38 bits per heavy atom. The molecule has 0 bridgehead atoms. The second-order valence-electron chi connectivity index (χ2n) is 5.07. The molecular formula is C17H13N3O4. The monoisotopic (exact) mass is 323 g/mol. The van der Waals surface area contributed by atoms with E-state index in [1.54, 1.807) is 24.3 Å². The zero-order valence-corrected chi connectivity index (χ0v) is 12.4. The van der Waals surface area contributed by atoms with E-state index in [2.05, 4.69) is 10.3 Å². The number of aromatic carboxylic acids is 1. The lowest BCUT2D eigenvalue weighted by atomic mass is 10.2. The second-order valence-corrected chi connectivity index (χ2v) is 5.07. The van der Waals surface area contributed by atoms with Gasteiger partial charge in [-0.25, -0.2) is 9.59 Å². The molecule has 0 radical (unpaired) electrons. The van der Waals surface area contributed by atoms with Gasteiger partial charge in [0, 0.05) is 11.9 Å². The zero-order chi connectivity index (χ0) is 17.1. The first-order valence-electron chi connectivity index (χ1n) is 7.13. The predicted molar refractivity (Wildman–Crippen MR) is 87.8 cm³/mol. The Morgan fingerprint density at radius 1 is 1.08 bits per heavy atom. The fraction of sp³-hybridized carbons (Fsp3) is 0.0588. The molecule has 24 heavy (non-hydrogen) atoms. The Balaban J connectivity index is 1.85. The van der Waals surface area contributed by atoms with Gasteiger partial charge in [-0.2, -0.15) is 0 Å². The average molecular weight is 323 g/mol. The molecule has 1 saturated heterocycles. The van der Waals surface area contributed by atoms with Crippen molar-refractivity contribution in [2.75, 3.05) is 4.90 Å². The summed E-state index contributed by atoms with van der Waals surface area (Å²) >= 11 is 0. The van der Waals surface area contributed by atoms with Gasteiger partial charge in [0.25, 0.3) is 5.91 Å². The molecule has 2 N–H and O–H groups in total. The number of aliphatic imine (C=N–C) groups is 1. The molecule has 1 aliphatic heterocycles. The number of carboxylic acid groups (broad SMARTS) is 1. The maximum atomic E-state index is 12.0. The number of imide groups is 1. The van der Waals surface area contributed by atoms with E-state index in [0.717, 1.165) is 0 Å². The van der Waals surface area contributed by atoms with Crippen molar-refractivity contribution >= 4 is 35.5 Å². The standard InChI is InChI=1S/C17H13N3O4/c21-15-14(10-18-12-8-6-11(7-9-12)16(22)23)20(17(24)19-15)13-4-2-1-3-5-13/h1-10,14H,(H,22,23)(H,19,21,24). The van der Waals surface area contributed by atoms with Crippen molar-refractivity contribution in [2.45, 2.75) is 6.04 Å². The number of anilines is 1. The van der Waals surface area contributed by atoms with Crippen LogP contribution in [0.25, 0.3) is 0 Å². The van der Waals surface area contributed by atoms with E-state index in [9.17, 15) is 14.4 Å². The lowest BCUT2D eigenvalue weighted by Gasteiger charge is -2.18. The number of rotatable bonds is 4. The van der Waals surface area contributed by atoms with Crippen LogP contribution in [-0.2, 0) is 4.79 Å². The second kappa shape index (κ2) is 6.33. The summed E-state index contributed by atoms with van der Waals surface area (Å²) in [6.07, 6.45) is 1.36. The molecule has 0 spiro atoms. The molecule has 1 atom stereocenters. The number of benzene rings is 2. The van der Waals surface area contributed by atoms with Crippen molar-refractivity contribution in [1.29, 1.82) is 0 Å². The zero-order valence-electron chi connectivity index (χ0n) is 12.4. The highest BCUT2D eigenvalue weighted by molar-refractivity contribution is 6.21. The number of nitrogens with one attached hydrogen (secondary N) is 1. The number of hydrogen-bond donors (Lipinski definition) is 2. The number of amides is 3. The number of carbonyl (C=O) groups is 3. The van der Waals surface area contributed by atoms with Gasteiger partial charge < -0.3 is 5.11 Å². The molecule has 2 aromatic carbocycles. The molecule has 1 unspecified atom stereocenters. The topological polar surface area (TPSA) is 99.1 Å².